The molecule has 17 heavy (non-hydrogen) atoms. The summed E-state index contributed by atoms with van der Waals surface area (Å²) in [5.41, 5.74) is 0.149. The fourth-order valence-corrected chi connectivity index (χ4v) is 3.31. The van der Waals surface area contributed by atoms with Crippen LogP contribution in [0.2, 0.25) is 0 Å². The molecular weight excluding hydrogens is 234 g/mol. The number of hydrogen-bond donors (Lipinski definition) is 2. The second-order valence-corrected chi connectivity index (χ2v) is 7.21. The van der Waals surface area contributed by atoms with Crippen molar-refractivity contribution in [3.05, 3.63) is 0 Å². The van der Waals surface area contributed by atoms with Gasteiger partial charge in [0, 0.05) is 17.2 Å². The Labute approximate surface area is 109 Å². The molecule has 0 saturated heterocycles. The Morgan fingerprint density at radius 1 is 1.35 bits per heavy atom. The maximum absolute atomic E-state index is 12.2. The van der Waals surface area contributed by atoms with Crippen LogP contribution in [0.15, 0.2) is 0 Å². The first-order valence-corrected chi connectivity index (χ1v) is 7.43. The van der Waals surface area contributed by atoms with Gasteiger partial charge in [-0.05, 0) is 24.0 Å². The molecule has 0 aromatic rings. The number of carbonyl (C=O) groups excluding carboxylic acids is 1. The van der Waals surface area contributed by atoms with Crippen molar-refractivity contribution in [2.75, 3.05) is 12.9 Å². The van der Waals surface area contributed by atoms with Gasteiger partial charge in [-0.25, -0.2) is 0 Å². The third-order valence-corrected chi connectivity index (χ3v) is 5.86. The highest BCUT2D eigenvalue weighted by molar-refractivity contribution is 7.99. The summed E-state index contributed by atoms with van der Waals surface area (Å²) < 4.78 is 0. The van der Waals surface area contributed by atoms with E-state index in [0.717, 1.165) is 0 Å². The van der Waals surface area contributed by atoms with E-state index in [0.29, 0.717) is 0 Å². The summed E-state index contributed by atoms with van der Waals surface area (Å²) in [6.45, 7) is 10.6. The molecule has 1 amide bonds. The van der Waals surface area contributed by atoms with Crippen LogP contribution in [0.5, 0.6) is 0 Å². The van der Waals surface area contributed by atoms with Crippen LogP contribution in [0.4, 0.5) is 0 Å². The van der Waals surface area contributed by atoms with E-state index in [4.69, 9.17) is 0 Å². The van der Waals surface area contributed by atoms with Gasteiger partial charge in [0.2, 0.25) is 5.91 Å². The van der Waals surface area contributed by atoms with Crippen LogP contribution in [-0.4, -0.2) is 35.2 Å². The molecule has 0 heterocycles. The number of nitrogens with one attached hydrogen (secondary N) is 1. The van der Waals surface area contributed by atoms with Gasteiger partial charge in [-0.1, -0.05) is 27.7 Å². The Balaban J connectivity index is 2.58. The van der Waals surface area contributed by atoms with Crippen molar-refractivity contribution in [1.82, 2.24) is 5.32 Å². The van der Waals surface area contributed by atoms with Crippen molar-refractivity contribution in [2.24, 2.45) is 16.7 Å². The minimum atomic E-state index is 0.00898. The highest BCUT2D eigenvalue weighted by Gasteiger charge is 2.68. The first-order chi connectivity index (χ1) is 7.70. The molecule has 2 N–H and O–H groups in total. The summed E-state index contributed by atoms with van der Waals surface area (Å²) in [6, 6.07) is 0.00898. The minimum absolute atomic E-state index is 0.00898. The highest BCUT2D eigenvalue weighted by Crippen LogP contribution is 2.68. The van der Waals surface area contributed by atoms with Crippen LogP contribution < -0.4 is 5.32 Å². The number of hydrogen-bond acceptors (Lipinski definition) is 3. The topological polar surface area (TPSA) is 49.3 Å². The van der Waals surface area contributed by atoms with Gasteiger partial charge in [0.15, 0.2) is 0 Å². The maximum atomic E-state index is 12.2. The van der Waals surface area contributed by atoms with Gasteiger partial charge >= 0.3 is 0 Å². The van der Waals surface area contributed by atoms with E-state index in [1.165, 1.54) is 0 Å². The SMILES string of the molecule is CSC(CO)C(C)NC(=O)C1C(C)(C)C1(C)C. The summed E-state index contributed by atoms with van der Waals surface area (Å²) >= 11 is 1.59. The fraction of sp³-hybridized carbons (Fsp3) is 0.923. The molecule has 0 radical (unpaired) electrons. The van der Waals surface area contributed by atoms with Crippen molar-refractivity contribution in [3.8, 4) is 0 Å². The van der Waals surface area contributed by atoms with E-state index < -0.39 is 0 Å². The van der Waals surface area contributed by atoms with Crippen molar-refractivity contribution in [2.45, 2.75) is 45.9 Å². The molecular formula is C13H25NO2S. The summed E-state index contributed by atoms with van der Waals surface area (Å²) in [5.74, 6) is 0.207. The lowest BCUT2D eigenvalue weighted by molar-refractivity contribution is -0.124. The maximum Gasteiger partial charge on any atom is 0.224 e. The largest absolute Gasteiger partial charge is 0.395 e. The molecule has 3 nitrogen and oxygen atoms in total. The molecule has 1 saturated carbocycles. The van der Waals surface area contributed by atoms with Gasteiger partial charge in [-0.2, -0.15) is 11.8 Å². The molecule has 0 spiro atoms. The average molecular weight is 259 g/mol. The molecule has 1 aliphatic carbocycles. The summed E-state index contributed by atoms with van der Waals surface area (Å²) in [4.78, 5) is 12.2. The predicted octanol–water partition coefficient (Wildman–Crippen LogP) is 1.90. The number of carbonyl (C=O) groups is 1. The van der Waals surface area contributed by atoms with E-state index in [9.17, 15) is 9.90 Å². The monoisotopic (exact) mass is 259 g/mol. The lowest BCUT2D eigenvalue weighted by Crippen LogP contribution is -2.42. The first-order valence-electron chi connectivity index (χ1n) is 6.14. The Morgan fingerprint density at radius 3 is 2.12 bits per heavy atom. The molecule has 4 heteroatoms. The molecule has 1 rings (SSSR count). The van der Waals surface area contributed by atoms with Gasteiger partial charge in [0.1, 0.15) is 0 Å². The van der Waals surface area contributed by atoms with E-state index in [1.807, 2.05) is 13.2 Å². The quantitative estimate of drug-likeness (QED) is 0.793. The van der Waals surface area contributed by atoms with Crippen molar-refractivity contribution in [1.29, 1.82) is 0 Å². The predicted molar refractivity (Wildman–Crippen MR) is 73.0 cm³/mol. The summed E-state index contributed by atoms with van der Waals surface area (Å²) in [6.07, 6.45) is 1.95. The smallest absolute Gasteiger partial charge is 0.224 e. The average Bonchev–Trinajstić information content (AvgIpc) is 2.58. The van der Waals surface area contributed by atoms with E-state index >= 15 is 0 Å². The third-order valence-electron chi connectivity index (χ3n) is 4.69. The molecule has 0 bridgehead atoms. The van der Waals surface area contributed by atoms with E-state index in [1.54, 1.807) is 11.8 Å². The second-order valence-electron chi connectivity index (χ2n) is 6.13. The molecule has 0 aromatic carbocycles. The summed E-state index contributed by atoms with van der Waals surface area (Å²) in [5, 5.41) is 12.3. The number of aliphatic hydroxyl groups excluding tert-OH is 1. The van der Waals surface area contributed by atoms with Crippen LogP contribution in [0, 0.1) is 16.7 Å². The number of rotatable bonds is 5. The summed E-state index contributed by atoms with van der Waals surface area (Å²) in [7, 11) is 0. The van der Waals surface area contributed by atoms with Gasteiger partial charge in [0.05, 0.1) is 6.61 Å². The highest BCUT2D eigenvalue weighted by atomic mass is 32.2. The van der Waals surface area contributed by atoms with Gasteiger partial charge in [0.25, 0.3) is 0 Å². The molecule has 0 aliphatic heterocycles. The van der Waals surface area contributed by atoms with Crippen LogP contribution in [0.1, 0.15) is 34.6 Å². The lowest BCUT2D eigenvalue weighted by atomic mass is 10.0. The van der Waals surface area contributed by atoms with Gasteiger partial charge in [-0.15, -0.1) is 0 Å². The van der Waals surface area contributed by atoms with Crippen molar-refractivity contribution >= 4 is 17.7 Å². The number of thioether (sulfide) groups is 1. The zero-order valence-corrected chi connectivity index (χ0v) is 12.5. The van der Waals surface area contributed by atoms with Gasteiger partial charge in [-0.3, -0.25) is 4.79 Å². The fourth-order valence-electron chi connectivity index (χ4n) is 2.69. The Kier molecular flexibility index (Phi) is 4.20. The second kappa shape index (κ2) is 4.81. The third kappa shape index (κ3) is 2.48. The number of aliphatic hydroxyl groups is 1. The zero-order chi connectivity index (χ0) is 13.4. The Morgan fingerprint density at radius 2 is 1.82 bits per heavy atom. The molecule has 1 fully saturated rings. The van der Waals surface area contributed by atoms with Crippen LogP contribution in [0.3, 0.4) is 0 Å². The van der Waals surface area contributed by atoms with Crippen LogP contribution in [0.25, 0.3) is 0 Å². The standard InChI is InChI=1S/C13H25NO2S/c1-8(9(7-15)17-6)14-11(16)10-12(2,3)13(10,4)5/h8-10,15H,7H2,1-6H3,(H,14,16). The molecule has 2 atom stereocenters. The lowest BCUT2D eigenvalue weighted by Gasteiger charge is -2.21. The molecule has 2 unspecified atom stereocenters. The Bertz CT molecular complexity index is 284. The normalized spacial score (nSPS) is 25.1. The zero-order valence-electron chi connectivity index (χ0n) is 11.7. The molecule has 100 valence electrons. The van der Waals surface area contributed by atoms with E-state index in [-0.39, 0.29) is 40.6 Å². The van der Waals surface area contributed by atoms with Gasteiger partial charge < -0.3 is 10.4 Å². The van der Waals surface area contributed by atoms with Crippen molar-refractivity contribution in [3.63, 3.8) is 0 Å². The Hall–Kier alpha value is -0.220. The van der Waals surface area contributed by atoms with E-state index in [2.05, 4.69) is 33.0 Å². The van der Waals surface area contributed by atoms with Crippen molar-refractivity contribution < 1.29 is 9.90 Å². The first kappa shape index (κ1) is 14.8. The minimum Gasteiger partial charge on any atom is -0.395 e. The number of amides is 1. The molecule has 0 aromatic heterocycles. The van der Waals surface area contributed by atoms with Crippen LogP contribution >= 0.6 is 11.8 Å². The van der Waals surface area contributed by atoms with Crippen LogP contribution in [-0.2, 0) is 4.79 Å². The molecule has 1 aliphatic rings.